The second-order valence-corrected chi connectivity index (χ2v) is 8.60. The van der Waals surface area contributed by atoms with Crippen molar-refractivity contribution < 1.29 is 19.1 Å². The number of hydrogen-bond acceptors (Lipinski definition) is 5. The molecule has 4 rings (SSSR count). The average molecular weight is 450 g/mol. The van der Waals surface area contributed by atoms with Crippen LogP contribution in [0.25, 0.3) is 0 Å². The van der Waals surface area contributed by atoms with E-state index in [2.05, 4.69) is 22.3 Å². The topological polar surface area (TPSA) is 79.0 Å². The van der Waals surface area contributed by atoms with Crippen molar-refractivity contribution in [3.8, 4) is 5.75 Å². The van der Waals surface area contributed by atoms with E-state index >= 15 is 0 Å². The number of nitrogens with one attached hydrogen (secondary N) is 1. The molecule has 0 aliphatic carbocycles. The van der Waals surface area contributed by atoms with Gasteiger partial charge in [-0.05, 0) is 62.2 Å². The van der Waals surface area contributed by atoms with Crippen molar-refractivity contribution in [1.82, 2.24) is 15.1 Å². The maximum atomic E-state index is 12.6. The van der Waals surface area contributed by atoms with E-state index in [1.54, 1.807) is 31.4 Å². The Bertz CT molecular complexity index is 964. The smallest absolute Gasteiger partial charge is 0.261 e. The zero-order chi connectivity index (χ0) is 23.2. The van der Waals surface area contributed by atoms with Gasteiger partial charge in [0.15, 0.2) is 0 Å². The van der Waals surface area contributed by atoms with E-state index in [1.165, 1.54) is 24.2 Å². The lowest BCUT2D eigenvalue weighted by Crippen LogP contribution is -2.40. The van der Waals surface area contributed by atoms with Crippen molar-refractivity contribution in [2.75, 3.05) is 33.3 Å². The van der Waals surface area contributed by atoms with Crippen LogP contribution >= 0.6 is 0 Å². The van der Waals surface area contributed by atoms with Gasteiger partial charge < -0.3 is 10.1 Å². The number of methoxy groups -OCH3 is 1. The molecule has 174 valence electrons. The predicted molar refractivity (Wildman–Crippen MR) is 125 cm³/mol. The van der Waals surface area contributed by atoms with Crippen LogP contribution in [0.4, 0.5) is 0 Å². The lowest BCUT2D eigenvalue weighted by Gasteiger charge is -2.35. The fourth-order valence-electron chi connectivity index (χ4n) is 4.65. The Labute approximate surface area is 194 Å². The van der Waals surface area contributed by atoms with E-state index in [1.807, 2.05) is 12.1 Å². The predicted octanol–water partition coefficient (Wildman–Crippen LogP) is 3.41. The highest BCUT2D eigenvalue weighted by molar-refractivity contribution is 6.21. The van der Waals surface area contributed by atoms with Gasteiger partial charge in [-0.25, -0.2) is 0 Å². The maximum absolute atomic E-state index is 12.6. The van der Waals surface area contributed by atoms with Gasteiger partial charge in [-0.15, -0.1) is 0 Å². The van der Waals surface area contributed by atoms with Crippen LogP contribution in [0, 0.1) is 0 Å². The summed E-state index contributed by atoms with van der Waals surface area (Å²) in [6.45, 7) is 2.81. The number of rotatable bonds is 9. The summed E-state index contributed by atoms with van der Waals surface area (Å²) in [5.74, 6) is 0.192. The summed E-state index contributed by atoms with van der Waals surface area (Å²) in [4.78, 5) is 41.2. The van der Waals surface area contributed by atoms with Crippen LogP contribution in [0.5, 0.6) is 5.75 Å². The number of hydrogen-bond donors (Lipinski definition) is 1. The molecule has 2 aliphatic heterocycles. The van der Waals surface area contributed by atoms with Crippen LogP contribution in [-0.2, 0) is 4.79 Å². The Balaban J connectivity index is 1.30. The summed E-state index contributed by atoms with van der Waals surface area (Å²) in [5, 5.41) is 3.07. The van der Waals surface area contributed by atoms with E-state index in [9.17, 15) is 14.4 Å². The van der Waals surface area contributed by atoms with Crippen molar-refractivity contribution >= 4 is 17.7 Å². The fourth-order valence-corrected chi connectivity index (χ4v) is 4.65. The standard InChI is InChI=1S/C26H31N3O4/c1-33-20-13-11-19(12-14-20)23(28-15-5-2-6-16-28)18-27-24(30)10-7-17-29-25(31)21-8-3-4-9-22(21)26(29)32/h3-4,8-9,11-14,23H,2,5-7,10,15-18H2,1H3,(H,27,30)/t23-/m1/s1. The molecule has 1 fully saturated rings. The highest BCUT2D eigenvalue weighted by atomic mass is 16.5. The summed E-state index contributed by atoms with van der Waals surface area (Å²) in [6.07, 6.45) is 4.29. The molecule has 0 aromatic heterocycles. The number of carbonyl (C=O) groups is 3. The summed E-state index contributed by atoms with van der Waals surface area (Å²) >= 11 is 0. The molecule has 2 aromatic rings. The van der Waals surface area contributed by atoms with Gasteiger partial charge in [0.25, 0.3) is 11.8 Å². The van der Waals surface area contributed by atoms with Crippen molar-refractivity contribution in [2.45, 2.75) is 38.1 Å². The molecule has 1 N–H and O–H groups in total. The molecule has 33 heavy (non-hydrogen) atoms. The number of carbonyl (C=O) groups excluding carboxylic acids is 3. The lowest BCUT2D eigenvalue weighted by molar-refractivity contribution is -0.121. The van der Waals surface area contributed by atoms with Gasteiger partial charge in [0.05, 0.1) is 24.3 Å². The number of piperidine rings is 1. The molecule has 7 nitrogen and oxygen atoms in total. The fraction of sp³-hybridized carbons (Fsp3) is 0.423. The highest BCUT2D eigenvalue weighted by Crippen LogP contribution is 2.26. The van der Waals surface area contributed by atoms with Crippen LogP contribution in [0.15, 0.2) is 48.5 Å². The van der Waals surface area contributed by atoms with Gasteiger partial charge in [-0.1, -0.05) is 30.7 Å². The third-order valence-electron chi connectivity index (χ3n) is 6.49. The first kappa shape index (κ1) is 23.0. The Kier molecular flexibility index (Phi) is 7.40. The van der Waals surface area contributed by atoms with Gasteiger partial charge in [0.2, 0.25) is 5.91 Å². The highest BCUT2D eigenvalue weighted by Gasteiger charge is 2.34. The molecule has 0 saturated carbocycles. The summed E-state index contributed by atoms with van der Waals surface area (Å²) < 4.78 is 5.28. The largest absolute Gasteiger partial charge is 0.497 e. The number of likely N-dealkylation sites (tertiary alicyclic amines) is 1. The monoisotopic (exact) mass is 449 g/mol. The summed E-state index contributed by atoms with van der Waals surface area (Å²) in [6, 6.07) is 15.0. The Morgan fingerprint density at radius 3 is 2.21 bits per heavy atom. The van der Waals surface area contributed by atoms with Gasteiger partial charge in [0, 0.05) is 19.5 Å². The molecular weight excluding hydrogens is 418 g/mol. The average Bonchev–Trinajstić information content (AvgIpc) is 3.10. The molecule has 7 heteroatoms. The van der Waals surface area contributed by atoms with Gasteiger partial charge in [-0.3, -0.25) is 24.2 Å². The number of nitrogens with zero attached hydrogens (tertiary/aromatic N) is 2. The zero-order valence-corrected chi connectivity index (χ0v) is 19.1. The molecule has 1 atom stereocenters. The first-order valence-electron chi connectivity index (χ1n) is 11.7. The minimum atomic E-state index is -0.277. The van der Waals surface area contributed by atoms with Crippen molar-refractivity contribution in [3.05, 3.63) is 65.2 Å². The molecule has 2 heterocycles. The third kappa shape index (κ3) is 5.25. The second-order valence-electron chi connectivity index (χ2n) is 8.60. The molecule has 2 aliphatic rings. The molecule has 0 spiro atoms. The molecule has 3 amide bonds. The van der Waals surface area contributed by atoms with Crippen molar-refractivity contribution in [2.24, 2.45) is 0 Å². The number of imide groups is 1. The summed E-state index contributed by atoms with van der Waals surface area (Å²) in [7, 11) is 1.65. The SMILES string of the molecule is COc1ccc([C@@H](CNC(=O)CCCN2C(=O)c3ccccc3C2=O)N2CCCCC2)cc1. The quantitative estimate of drug-likeness (QED) is 0.594. The number of amides is 3. The van der Waals surface area contributed by atoms with E-state index in [0.717, 1.165) is 24.4 Å². The Morgan fingerprint density at radius 2 is 1.61 bits per heavy atom. The van der Waals surface area contributed by atoms with Crippen LogP contribution < -0.4 is 10.1 Å². The molecule has 0 radical (unpaired) electrons. The Morgan fingerprint density at radius 1 is 0.970 bits per heavy atom. The summed E-state index contributed by atoms with van der Waals surface area (Å²) in [5.41, 5.74) is 2.04. The second kappa shape index (κ2) is 10.6. The van der Waals surface area contributed by atoms with E-state index in [4.69, 9.17) is 4.74 Å². The third-order valence-corrected chi connectivity index (χ3v) is 6.49. The molecular formula is C26H31N3O4. The van der Waals surface area contributed by atoms with Gasteiger partial charge >= 0.3 is 0 Å². The van der Waals surface area contributed by atoms with Crippen molar-refractivity contribution in [3.63, 3.8) is 0 Å². The molecule has 2 aromatic carbocycles. The molecule has 0 bridgehead atoms. The zero-order valence-electron chi connectivity index (χ0n) is 19.1. The molecule has 1 saturated heterocycles. The normalized spacial score (nSPS) is 17.1. The minimum Gasteiger partial charge on any atom is -0.497 e. The number of ether oxygens (including phenoxy) is 1. The Hall–Kier alpha value is -3.19. The van der Waals surface area contributed by atoms with Gasteiger partial charge in [0.1, 0.15) is 5.75 Å². The minimum absolute atomic E-state index is 0.0675. The number of fused-ring (bicyclic) bond motifs is 1. The van der Waals surface area contributed by atoms with E-state index in [0.29, 0.717) is 24.1 Å². The van der Waals surface area contributed by atoms with Crippen LogP contribution in [0.1, 0.15) is 64.4 Å². The first-order chi connectivity index (χ1) is 16.1. The van der Waals surface area contributed by atoms with Crippen molar-refractivity contribution in [1.29, 1.82) is 0 Å². The van der Waals surface area contributed by atoms with Crippen LogP contribution in [0.3, 0.4) is 0 Å². The van der Waals surface area contributed by atoms with Crippen LogP contribution in [-0.4, -0.2) is 60.8 Å². The van der Waals surface area contributed by atoms with Crippen LogP contribution in [0.2, 0.25) is 0 Å². The van der Waals surface area contributed by atoms with E-state index < -0.39 is 0 Å². The van der Waals surface area contributed by atoms with E-state index in [-0.39, 0.29) is 36.7 Å². The molecule has 0 unspecified atom stereocenters. The number of benzene rings is 2. The maximum Gasteiger partial charge on any atom is 0.261 e. The van der Waals surface area contributed by atoms with Gasteiger partial charge in [-0.2, -0.15) is 0 Å². The lowest BCUT2D eigenvalue weighted by atomic mass is 10.0. The first-order valence-corrected chi connectivity index (χ1v) is 11.7.